The minimum atomic E-state index is -1.30. The number of nitrogen functional groups attached to an aromatic ring is 1. The number of rotatable bonds is 2. The highest BCUT2D eigenvalue weighted by Crippen LogP contribution is 2.34. The van der Waals surface area contributed by atoms with Gasteiger partial charge in [-0.1, -0.05) is 0 Å². The van der Waals surface area contributed by atoms with Gasteiger partial charge in [0.2, 0.25) is 0 Å². The van der Waals surface area contributed by atoms with Crippen LogP contribution in [0.25, 0.3) is 0 Å². The minimum absolute atomic E-state index is 0.00870. The summed E-state index contributed by atoms with van der Waals surface area (Å²) in [5.74, 6) is -1.30. The van der Waals surface area contributed by atoms with E-state index in [9.17, 15) is 14.9 Å². The Hall–Kier alpha value is -1.63. The molecule has 1 aromatic carbocycles. The maximum absolute atomic E-state index is 10.7. The van der Waals surface area contributed by atoms with E-state index in [-0.39, 0.29) is 21.4 Å². The third kappa shape index (κ3) is 1.91. The summed E-state index contributed by atoms with van der Waals surface area (Å²) >= 11 is 3.02. The third-order valence-corrected chi connectivity index (χ3v) is 2.97. The van der Waals surface area contributed by atoms with Crippen molar-refractivity contribution in [3.8, 4) is 0 Å². The lowest BCUT2D eigenvalue weighted by Gasteiger charge is -2.06. The van der Waals surface area contributed by atoms with Crippen LogP contribution in [0.5, 0.6) is 0 Å². The smallest absolute Gasteiger partial charge is 0.338 e. The van der Waals surface area contributed by atoms with Crippen LogP contribution in [0.1, 0.15) is 15.9 Å². The van der Waals surface area contributed by atoms with Crippen LogP contribution in [0.2, 0.25) is 0 Å². The monoisotopic (exact) mass is 274 g/mol. The molecule has 0 aliphatic heterocycles. The molecule has 0 amide bonds. The number of nitro groups is 1. The van der Waals surface area contributed by atoms with Gasteiger partial charge in [-0.2, -0.15) is 0 Å². The number of nitro benzene ring substituents is 1. The summed E-state index contributed by atoms with van der Waals surface area (Å²) in [7, 11) is 0. The van der Waals surface area contributed by atoms with Crippen molar-refractivity contribution >= 4 is 33.3 Å². The van der Waals surface area contributed by atoms with Crippen molar-refractivity contribution in [1.29, 1.82) is 0 Å². The van der Waals surface area contributed by atoms with E-state index in [4.69, 9.17) is 10.8 Å². The lowest BCUT2D eigenvalue weighted by atomic mass is 10.1. The van der Waals surface area contributed by atoms with Gasteiger partial charge in [-0.3, -0.25) is 10.1 Å². The van der Waals surface area contributed by atoms with Crippen LogP contribution < -0.4 is 5.73 Å². The van der Waals surface area contributed by atoms with Gasteiger partial charge in [0.25, 0.3) is 5.69 Å². The molecular formula is C8H7BrN2O4. The average molecular weight is 275 g/mol. The number of carboxylic acid groups (broad SMARTS) is 1. The molecule has 0 atom stereocenters. The van der Waals surface area contributed by atoms with Crippen molar-refractivity contribution in [2.45, 2.75) is 6.92 Å². The lowest BCUT2D eigenvalue weighted by molar-refractivity contribution is -0.385. The van der Waals surface area contributed by atoms with Gasteiger partial charge in [0.15, 0.2) is 0 Å². The standard InChI is InChI=1S/C8H7BrN2O4/c1-3-5(11(14)15)2-4(8(12)13)7(10)6(3)9/h2H,10H2,1H3,(H,12,13). The maximum Gasteiger partial charge on any atom is 0.338 e. The third-order valence-electron chi connectivity index (χ3n) is 1.95. The van der Waals surface area contributed by atoms with Crippen molar-refractivity contribution in [3.63, 3.8) is 0 Å². The number of hydrogen-bond donors (Lipinski definition) is 2. The number of benzene rings is 1. The molecule has 0 bridgehead atoms. The molecule has 6 nitrogen and oxygen atoms in total. The first kappa shape index (κ1) is 11.4. The van der Waals surface area contributed by atoms with Crippen molar-refractivity contribution in [2.24, 2.45) is 0 Å². The molecule has 0 fully saturated rings. The Morgan fingerprint density at radius 3 is 2.60 bits per heavy atom. The number of carbonyl (C=O) groups is 1. The van der Waals surface area contributed by atoms with Crippen molar-refractivity contribution in [1.82, 2.24) is 0 Å². The molecule has 0 spiro atoms. The van der Waals surface area contributed by atoms with Gasteiger partial charge < -0.3 is 10.8 Å². The first-order valence-corrected chi connectivity index (χ1v) is 4.61. The highest BCUT2D eigenvalue weighted by molar-refractivity contribution is 9.10. The molecule has 0 aliphatic rings. The van der Waals surface area contributed by atoms with Crippen LogP contribution in [0.3, 0.4) is 0 Å². The molecular weight excluding hydrogens is 268 g/mol. The number of anilines is 1. The van der Waals surface area contributed by atoms with E-state index in [1.807, 2.05) is 0 Å². The van der Waals surface area contributed by atoms with E-state index in [2.05, 4.69) is 15.9 Å². The highest BCUT2D eigenvalue weighted by atomic mass is 79.9. The van der Waals surface area contributed by atoms with Gasteiger partial charge in [0, 0.05) is 11.6 Å². The van der Waals surface area contributed by atoms with Crippen LogP contribution in [0.15, 0.2) is 10.5 Å². The number of hydrogen-bond acceptors (Lipinski definition) is 4. The summed E-state index contributed by atoms with van der Waals surface area (Å²) in [5.41, 5.74) is 5.25. The van der Waals surface area contributed by atoms with Crippen molar-refractivity contribution in [2.75, 3.05) is 5.73 Å². The zero-order valence-electron chi connectivity index (χ0n) is 7.65. The second kappa shape index (κ2) is 3.85. The SMILES string of the molecule is Cc1c([N+](=O)[O-])cc(C(=O)O)c(N)c1Br. The summed E-state index contributed by atoms with van der Waals surface area (Å²) in [5, 5.41) is 19.4. The highest BCUT2D eigenvalue weighted by Gasteiger charge is 2.21. The number of nitrogens with two attached hydrogens (primary N) is 1. The number of nitrogens with zero attached hydrogens (tertiary/aromatic N) is 1. The molecule has 0 aromatic heterocycles. The second-order valence-electron chi connectivity index (χ2n) is 2.86. The summed E-state index contributed by atoms with van der Waals surface area (Å²) in [6.07, 6.45) is 0. The predicted octanol–water partition coefficient (Wildman–Crippen LogP) is 1.95. The van der Waals surface area contributed by atoms with E-state index in [0.717, 1.165) is 6.07 Å². The molecule has 3 N–H and O–H groups in total. The topological polar surface area (TPSA) is 106 Å². The largest absolute Gasteiger partial charge is 0.478 e. The first-order chi connectivity index (χ1) is 6.86. The van der Waals surface area contributed by atoms with Crippen molar-refractivity contribution in [3.05, 3.63) is 31.8 Å². The maximum atomic E-state index is 10.7. The average Bonchev–Trinajstić information content (AvgIpc) is 2.13. The summed E-state index contributed by atoms with van der Waals surface area (Å²) in [6, 6.07) is 0.956. The molecule has 0 unspecified atom stereocenters. The molecule has 15 heavy (non-hydrogen) atoms. The Morgan fingerprint density at radius 1 is 1.67 bits per heavy atom. The quantitative estimate of drug-likeness (QED) is 0.487. The molecule has 1 aromatic rings. The second-order valence-corrected chi connectivity index (χ2v) is 3.65. The van der Waals surface area contributed by atoms with Gasteiger partial charge in [0.1, 0.15) is 0 Å². The summed E-state index contributed by atoms with van der Waals surface area (Å²) < 4.78 is 0.245. The zero-order chi connectivity index (χ0) is 11.7. The molecule has 0 radical (unpaired) electrons. The molecule has 0 heterocycles. The molecule has 0 aliphatic carbocycles. The van der Waals surface area contributed by atoms with E-state index in [1.54, 1.807) is 0 Å². The Balaban J connectivity index is 3.59. The molecule has 0 saturated heterocycles. The van der Waals surface area contributed by atoms with E-state index < -0.39 is 10.9 Å². The van der Waals surface area contributed by atoms with Crippen LogP contribution in [-0.2, 0) is 0 Å². The Bertz CT molecular complexity index is 420. The fourth-order valence-corrected chi connectivity index (χ4v) is 1.54. The van der Waals surface area contributed by atoms with Crippen LogP contribution in [0.4, 0.5) is 11.4 Å². The molecule has 80 valence electrons. The Kier molecular flexibility index (Phi) is 2.94. The van der Waals surface area contributed by atoms with Crippen molar-refractivity contribution < 1.29 is 14.8 Å². The van der Waals surface area contributed by atoms with Gasteiger partial charge in [-0.15, -0.1) is 0 Å². The number of carboxylic acids is 1. The number of aromatic carboxylic acids is 1. The lowest BCUT2D eigenvalue weighted by Crippen LogP contribution is -2.06. The van der Waals surface area contributed by atoms with Gasteiger partial charge in [-0.25, -0.2) is 4.79 Å². The molecule has 0 saturated carbocycles. The zero-order valence-corrected chi connectivity index (χ0v) is 9.24. The summed E-state index contributed by atoms with van der Waals surface area (Å²) in [4.78, 5) is 20.7. The van der Waals surface area contributed by atoms with E-state index in [0.29, 0.717) is 5.56 Å². The van der Waals surface area contributed by atoms with Gasteiger partial charge >= 0.3 is 5.97 Å². The Morgan fingerprint density at radius 2 is 2.20 bits per heavy atom. The fourth-order valence-electron chi connectivity index (χ4n) is 1.12. The van der Waals surface area contributed by atoms with Crippen LogP contribution in [0, 0.1) is 17.0 Å². The minimum Gasteiger partial charge on any atom is -0.478 e. The number of halogens is 1. The normalized spacial score (nSPS) is 10.0. The Labute approximate surface area is 93.0 Å². The van der Waals surface area contributed by atoms with E-state index in [1.165, 1.54) is 6.92 Å². The fraction of sp³-hybridized carbons (Fsp3) is 0.125. The molecule has 1 rings (SSSR count). The summed E-state index contributed by atoms with van der Waals surface area (Å²) in [6.45, 7) is 1.49. The van der Waals surface area contributed by atoms with Crippen LogP contribution in [-0.4, -0.2) is 16.0 Å². The molecule has 7 heteroatoms. The van der Waals surface area contributed by atoms with Crippen LogP contribution >= 0.6 is 15.9 Å². The van der Waals surface area contributed by atoms with Gasteiger partial charge in [0.05, 0.1) is 20.6 Å². The predicted molar refractivity (Wildman–Crippen MR) is 56.9 cm³/mol. The first-order valence-electron chi connectivity index (χ1n) is 3.82. The van der Waals surface area contributed by atoms with E-state index >= 15 is 0 Å². The van der Waals surface area contributed by atoms with Gasteiger partial charge in [-0.05, 0) is 22.9 Å².